The van der Waals surface area contributed by atoms with Crippen molar-refractivity contribution < 1.29 is 9.90 Å². The van der Waals surface area contributed by atoms with Crippen LogP contribution < -0.4 is 0 Å². The number of rotatable bonds is 5. The Morgan fingerprint density at radius 1 is 1.48 bits per heavy atom. The molecule has 2 aromatic heterocycles. The number of carbonyl (C=O) groups excluding carboxylic acids is 1. The number of fused-ring (bicyclic) bond motifs is 1. The molecule has 2 heterocycles. The van der Waals surface area contributed by atoms with Crippen LogP contribution in [0.25, 0.3) is 10.2 Å². The van der Waals surface area contributed by atoms with E-state index >= 15 is 0 Å². The van der Waals surface area contributed by atoms with E-state index in [0.717, 1.165) is 20.8 Å². The van der Waals surface area contributed by atoms with Crippen molar-refractivity contribution in [3.8, 4) is 0 Å². The number of nitrogens with zero attached hydrogens (tertiary/aromatic N) is 3. The van der Waals surface area contributed by atoms with Gasteiger partial charge in [-0.25, -0.2) is 0 Å². The standard InChI is InChI=1S/C15H23N3O2S/c1-9(2)13-11-8-12(21-15(11)18(5)16-13)14(20)17(4)7-6-10(3)19/h8-10,19H,6-7H2,1-5H3. The fourth-order valence-electron chi connectivity index (χ4n) is 2.27. The molecule has 0 bridgehead atoms. The Hall–Kier alpha value is -1.40. The maximum Gasteiger partial charge on any atom is 0.263 e. The summed E-state index contributed by atoms with van der Waals surface area (Å²) in [7, 11) is 3.69. The molecular formula is C15H23N3O2S. The molecule has 1 unspecified atom stereocenters. The lowest BCUT2D eigenvalue weighted by Crippen LogP contribution is -2.28. The number of amides is 1. The Kier molecular flexibility index (Phi) is 4.68. The Bertz CT molecular complexity index is 643. The van der Waals surface area contributed by atoms with Crippen molar-refractivity contribution in [3.05, 3.63) is 16.6 Å². The van der Waals surface area contributed by atoms with Gasteiger partial charge >= 0.3 is 0 Å². The molecule has 0 aliphatic heterocycles. The summed E-state index contributed by atoms with van der Waals surface area (Å²) >= 11 is 1.48. The van der Waals surface area contributed by atoms with Crippen LogP contribution in [-0.2, 0) is 7.05 Å². The molecule has 0 saturated carbocycles. The second-order valence-electron chi connectivity index (χ2n) is 5.86. The first-order valence-corrected chi connectivity index (χ1v) is 8.02. The molecule has 21 heavy (non-hydrogen) atoms. The number of hydrogen-bond donors (Lipinski definition) is 1. The van der Waals surface area contributed by atoms with E-state index in [4.69, 9.17) is 0 Å². The van der Waals surface area contributed by atoms with Gasteiger partial charge < -0.3 is 10.0 Å². The van der Waals surface area contributed by atoms with Crippen molar-refractivity contribution in [2.24, 2.45) is 7.05 Å². The van der Waals surface area contributed by atoms with Gasteiger partial charge in [-0.1, -0.05) is 13.8 Å². The first-order chi connectivity index (χ1) is 9.81. The first-order valence-electron chi connectivity index (χ1n) is 7.21. The van der Waals surface area contributed by atoms with Gasteiger partial charge in [-0.15, -0.1) is 11.3 Å². The molecule has 1 N–H and O–H groups in total. The van der Waals surface area contributed by atoms with Crippen LogP contribution in [0.5, 0.6) is 0 Å². The Morgan fingerprint density at radius 3 is 2.71 bits per heavy atom. The van der Waals surface area contributed by atoms with E-state index in [1.165, 1.54) is 11.3 Å². The summed E-state index contributed by atoms with van der Waals surface area (Å²) in [6, 6.07) is 1.95. The number of hydrogen-bond acceptors (Lipinski definition) is 4. The molecule has 6 heteroatoms. The van der Waals surface area contributed by atoms with Crippen LogP contribution in [0.15, 0.2) is 6.07 Å². The van der Waals surface area contributed by atoms with Crippen LogP contribution in [0.3, 0.4) is 0 Å². The Balaban J connectivity index is 2.26. The van der Waals surface area contributed by atoms with E-state index in [1.54, 1.807) is 18.9 Å². The number of aryl methyl sites for hydroxylation is 1. The molecule has 2 rings (SSSR count). The smallest absolute Gasteiger partial charge is 0.263 e. The molecule has 116 valence electrons. The van der Waals surface area contributed by atoms with Crippen LogP contribution in [0.2, 0.25) is 0 Å². The highest BCUT2D eigenvalue weighted by Crippen LogP contribution is 2.32. The molecule has 0 aliphatic carbocycles. The zero-order valence-electron chi connectivity index (χ0n) is 13.3. The Morgan fingerprint density at radius 2 is 2.14 bits per heavy atom. The number of carbonyl (C=O) groups is 1. The third-order valence-corrected chi connectivity index (χ3v) is 4.72. The minimum atomic E-state index is -0.389. The average Bonchev–Trinajstić information content (AvgIpc) is 2.96. The van der Waals surface area contributed by atoms with Gasteiger partial charge in [-0.2, -0.15) is 5.10 Å². The van der Waals surface area contributed by atoms with Gasteiger partial charge in [-0.3, -0.25) is 9.48 Å². The van der Waals surface area contributed by atoms with Crippen LogP contribution in [0, 0.1) is 0 Å². The number of thiophene rings is 1. The van der Waals surface area contributed by atoms with Crippen molar-refractivity contribution in [1.29, 1.82) is 0 Å². The van der Waals surface area contributed by atoms with Crippen LogP contribution in [0.4, 0.5) is 0 Å². The maximum absolute atomic E-state index is 12.4. The fraction of sp³-hybridized carbons (Fsp3) is 0.600. The highest BCUT2D eigenvalue weighted by atomic mass is 32.1. The zero-order valence-corrected chi connectivity index (χ0v) is 14.1. The fourth-order valence-corrected chi connectivity index (χ4v) is 3.34. The second kappa shape index (κ2) is 6.15. The molecule has 1 atom stereocenters. The summed E-state index contributed by atoms with van der Waals surface area (Å²) < 4.78 is 1.85. The number of aliphatic hydroxyl groups excluding tert-OH is 1. The maximum atomic E-state index is 12.4. The molecule has 0 radical (unpaired) electrons. The number of aliphatic hydroxyl groups is 1. The van der Waals surface area contributed by atoms with E-state index in [9.17, 15) is 9.90 Å². The van der Waals surface area contributed by atoms with E-state index in [1.807, 2.05) is 17.8 Å². The minimum Gasteiger partial charge on any atom is -0.393 e. The van der Waals surface area contributed by atoms with Crippen molar-refractivity contribution in [3.63, 3.8) is 0 Å². The lowest BCUT2D eigenvalue weighted by Gasteiger charge is -2.16. The van der Waals surface area contributed by atoms with Crippen molar-refractivity contribution in [2.45, 2.75) is 39.2 Å². The molecule has 2 aromatic rings. The summed E-state index contributed by atoms with van der Waals surface area (Å²) in [5.41, 5.74) is 1.04. The van der Waals surface area contributed by atoms with Gasteiger partial charge in [0.15, 0.2) is 0 Å². The topological polar surface area (TPSA) is 58.4 Å². The first kappa shape index (κ1) is 16.0. The summed E-state index contributed by atoms with van der Waals surface area (Å²) in [5.74, 6) is 0.339. The van der Waals surface area contributed by atoms with E-state index < -0.39 is 0 Å². The molecule has 0 aliphatic rings. The Labute approximate surface area is 129 Å². The van der Waals surface area contributed by atoms with Gasteiger partial charge in [0.1, 0.15) is 4.83 Å². The van der Waals surface area contributed by atoms with Gasteiger partial charge in [-0.05, 0) is 25.3 Å². The predicted octanol–water partition coefficient (Wildman–Crippen LogP) is 2.60. The number of aromatic nitrogens is 2. The zero-order chi connectivity index (χ0) is 15.7. The molecule has 1 amide bonds. The normalized spacial score (nSPS) is 13.1. The monoisotopic (exact) mass is 309 g/mol. The van der Waals surface area contributed by atoms with Crippen LogP contribution >= 0.6 is 11.3 Å². The SMILES string of the molecule is CC(O)CCN(C)C(=O)c1cc2c(C(C)C)nn(C)c2s1. The quantitative estimate of drug-likeness (QED) is 0.923. The van der Waals surface area contributed by atoms with Crippen LogP contribution in [-0.4, -0.2) is 45.4 Å². The van der Waals surface area contributed by atoms with Gasteiger partial charge in [0.2, 0.25) is 0 Å². The molecule has 0 aromatic carbocycles. The average molecular weight is 309 g/mol. The molecule has 0 spiro atoms. The molecule has 5 nitrogen and oxygen atoms in total. The third-order valence-electron chi connectivity index (χ3n) is 3.53. The van der Waals surface area contributed by atoms with Crippen molar-refractivity contribution in [2.75, 3.05) is 13.6 Å². The summed E-state index contributed by atoms with van der Waals surface area (Å²) in [6.07, 6.45) is 0.200. The molecular weight excluding hydrogens is 286 g/mol. The minimum absolute atomic E-state index is 0.00607. The summed E-state index contributed by atoms with van der Waals surface area (Å²) in [4.78, 5) is 15.9. The molecule has 0 fully saturated rings. The summed E-state index contributed by atoms with van der Waals surface area (Å²) in [5, 5.41) is 14.9. The largest absolute Gasteiger partial charge is 0.393 e. The lowest BCUT2D eigenvalue weighted by molar-refractivity contribution is 0.0773. The highest BCUT2D eigenvalue weighted by Gasteiger charge is 2.20. The van der Waals surface area contributed by atoms with E-state index in [-0.39, 0.29) is 12.0 Å². The summed E-state index contributed by atoms with van der Waals surface area (Å²) in [6.45, 7) is 6.50. The van der Waals surface area contributed by atoms with Gasteiger partial charge in [0, 0.05) is 26.0 Å². The van der Waals surface area contributed by atoms with Crippen LogP contribution in [0.1, 0.15) is 48.5 Å². The van der Waals surface area contributed by atoms with Crippen molar-refractivity contribution >= 4 is 27.5 Å². The lowest BCUT2D eigenvalue weighted by atomic mass is 10.1. The van der Waals surface area contributed by atoms with E-state index in [0.29, 0.717) is 18.9 Å². The third kappa shape index (κ3) is 3.27. The predicted molar refractivity (Wildman–Crippen MR) is 85.9 cm³/mol. The second-order valence-corrected chi connectivity index (χ2v) is 6.89. The van der Waals surface area contributed by atoms with Gasteiger partial charge in [0.25, 0.3) is 5.91 Å². The molecule has 0 saturated heterocycles. The van der Waals surface area contributed by atoms with Crippen molar-refractivity contribution in [1.82, 2.24) is 14.7 Å². The highest BCUT2D eigenvalue weighted by molar-refractivity contribution is 7.20. The van der Waals surface area contributed by atoms with Gasteiger partial charge in [0.05, 0.1) is 16.7 Å². The van der Waals surface area contributed by atoms with E-state index in [2.05, 4.69) is 18.9 Å².